The SMILES string of the molecule is CO[C@@H]1CC=C(C(=O)c2ccccc2)CC1. The van der Waals surface area contributed by atoms with Crippen LogP contribution < -0.4 is 0 Å². The highest BCUT2D eigenvalue weighted by atomic mass is 16.5. The summed E-state index contributed by atoms with van der Waals surface area (Å²) >= 11 is 0. The van der Waals surface area contributed by atoms with Crippen LogP contribution in [0.4, 0.5) is 0 Å². The lowest BCUT2D eigenvalue weighted by Gasteiger charge is -2.19. The van der Waals surface area contributed by atoms with E-state index in [0.29, 0.717) is 0 Å². The molecule has 1 aliphatic carbocycles. The van der Waals surface area contributed by atoms with Crippen molar-refractivity contribution in [1.29, 1.82) is 0 Å². The highest BCUT2D eigenvalue weighted by Gasteiger charge is 2.18. The van der Waals surface area contributed by atoms with Gasteiger partial charge in [0, 0.05) is 12.7 Å². The van der Waals surface area contributed by atoms with E-state index in [2.05, 4.69) is 0 Å². The molecule has 0 saturated carbocycles. The van der Waals surface area contributed by atoms with Crippen molar-refractivity contribution in [2.24, 2.45) is 0 Å². The largest absolute Gasteiger partial charge is 0.381 e. The Morgan fingerprint density at radius 3 is 2.62 bits per heavy atom. The third-order valence-corrected chi connectivity index (χ3v) is 3.02. The van der Waals surface area contributed by atoms with Crippen LogP contribution in [0.5, 0.6) is 0 Å². The average Bonchev–Trinajstić information content (AvgIpc) is 2.39. The van der Waals surface area contributed by atoms with Crippen molar-refractivity contribution in [2.45, 2.75) is 25.4 Å². The van der Waals surface area contributed by atoms with Crippen molar-refractivity contribution in [3.8, 4) is 0 Å². The number of Topliss-reactive ketones (excluding diaryl/α,β-unsaturated/α-hetero) is 1. The Morgan fingerprint density at radius 1 is 1.31 bits per heavy atom. The van der Waals surface area contributed by atoms with Crippen LogP contribution in [0.25, 0.3) is 0 Å². The number of ether oxygens (including phenoxy) is 1. The number of hydrogen-bond acceptors (Lipinski definition) is 2. The topological polar surface area (TPSA) is 26.3 Å². The number of rotatable bonds is 3. The monoisotopic (exact) mass is 216 g/mol. The van der Waals surface area contributed by atoms with Gasteiger partial charge in [-0.3, -0.25) is 4.79 Å². The smallest absolute Gasteiger partial charge is 0.188 e. The number of hydrogen-bond donors (Lipinski definition) is 0. The van der Waals surface area contributed by atoms with Crippen LogP contribution in [0.1, 0.15) is 29.6 Å². The average molecular weight is 216 g/mol. The number of benzene rings is 1. The van der Waals surface area contributed by atoms with Gasteiger partial charge < -0.3 is 4.74 Å². The Labute approximate surface area is 95.9 Å². The maximum atomic E-state index is 12.1. The van der Waals surface area contributed by atoms with E-state index in [9.17, 15) is 4.79 Å². The van der Waals surface area contributed by atoms with Crippen molar-refractivity contribution in [3.05, 3.63) is 47.5 Å². The molecule has 0 spiro atoms. The molecule has 0 amide bonds. The minimum atomic E-state index is 0.162. The Morgan fingerprint density at radius 2 is 2.06 bits per heavy atom. The molecule has 0 N–H and O–H groups in total. The summed E-state index contributed by atoms with van der Waals surface area (Å²) in [5.41, 5.74) is 1.71. The predicted octanol–water partition coefficient (Wildman–Crippen LogP) is 2.99. The molecular weight excluding hydrogens is 200 g/mol. The summed E-state index contributed by atoms with van der Waals surface area (Å²) in [6.07, 6.45) is 4.93. The number of ketones is 1. The fourth-order valence-corrected chi connectivity index (χ4v) is 2.01. The molecule has 1 aliphatic rings. The van der Waals surface area contributed by atoms with E-state index >= 15 is 0 Å². The third kappa shape index (κ3) is 2.39. The van der Waals surface area contributed by atoms with Crippen LogP contribution in [0.2, 0.25) is 0 Å². The van der Waals surface area contributed by atoms with Gasteiger partial charge in [0.05, 0.1) is 6.10 Å². The van der Waals surface area contributed by atoms with Crippen molar-refractivity contribution in [3.63, 3.8) is 0 Å². The van der Waals surface area contributed by atoms with E-state index in [-0.39, 0.29) is 11.9 Å². The number of methoxy groups -OCH3 is 1. The lowest BCUT2D eigenvalue weighted by Crippen LogP contribution is -2.17. The molecule has 2 heteroatoms. The van der Waals surface area contributed by atoms with Crippen LogP contribution >= 0.6 is 0 Å². The van der Waals surface area contributed by atoms with Gasteiger partial charge in [0.1, 0.15) is 0 Å². The first-order chi connectivity index (χ1) is 7.81. The first-order valence-corrected chi connectivity index (χ1v) is 5.63. The maximum Gasteiger partial charge on any atom is 0.188 e. The maximum absolute atomic E-state index is 12.1. The van der Waals surface area contributed by atoms with Gasteiger partial charge in [0.25, 0.3) is 0 Å². The van der Waals surface area contributed by atoms with Gasteiger partial charge in [-0.15, -0.1) is 0 Å². The first-order valence-electron chi connectivity index (χ1n) is 5.63. The Hall–Kier alpha value is -1.41. The van der Waals surface area contributed by atoms with E-state index < -0.39 is 0 Å². The van der Waals surface area contributed by atoms with Crippen molar-refractivity contribution in [1.82, 2.24) is 0 Å². The fourth-order valence-electron chi connectivity index (χ4n) is 2.01. The molecule has 1 aromatic rings. The predicted molar refractivity (Wildman–Crippen MR) is 63.5 cm³/mol. The standard InChI is InChI=1S/C14H16O2/c1-16-13-9-7-12(8-10-13)14(15)11-5-3-2-4-6-11/h2-7,13H,8-10H2,1H3/t13-/m1/s1. The minimum absolute atomic E-state index is 0.162. The van der Waals surface area contributed by atoms with Crippen molar-refractivity contribution in [2.75, 3.05) is 7.11 Å². The molecule has 0 aromatic heterocycles. The lowest BCUT2D eigenvalue weighted by molar-refractivity contribution is 0.0896. The van der Waals surface area contributed by atoms with Gasteiger partial charge in [-0.05, 0) is 24.8 Å². The summed E-state index contributed by atoms with van der Waals surface area (Å²) in [7, 11) is 1.72. The van der Waals surface area contributed by atoms with Crippen LogP contribution in [0, 0.1) is 0 Å². The molecule has 0 bridgehead atoms. The highest BCUT2D eigenvalue weighted by molar-refractivity contribution is 6.08. The Balaban J connectivity index is 2.10. The zero-order valence-electron chi connectivity index (χ0n) is 9.48. The molecule has 84 valence electrons. The van der Waals surface area contributed by atoms with Crippen LogP contribution in [-0.4, -0.2) is 19.0 Å². The Bertz CT molecular complexity index is 392. The summed E-state index contributed by atoms with van der Waals surface area (Å²) < 4.78 is 5.27. The van der Waals surface area contributed by atoms with Gasteiger partial charge >= 0.3 is 0 Å². The van der Waals surface area contributed by atoms with E-state index in [1.807, 2.05) is 36.4 Å². The number of allylic oxidation sites excluding steroid dienone is 1. The normalized spacial score (nSPS) is 20.3. The molecule has 0 saturated heterocycles. The van der Waals surface area contributed by atoms with Gasteiger partial charge in [-0.25, -0.2) is 0 Å². The van der Waals surface area contributed by atoms with Crippen LogP contribution in [0.15, 0.2) is 42.0 Å². The second-order valence-electron chi connectivity index (χ2n) is 4.06. The molecule has 0 unspecified atom stereocenters. The lowest BCUT2D eigenvalue weighted by atomic mass is 9.91. The van der Waals surface area contributed by atoms with Crippen molar-refractivity contribution >= 4 is 5.78 Å². The quantitative estimate of drug-likeness (QED) is 0.726. The van der Waals surface area contributed by atoms with Gasteiger partial charge in [-0.1, -0.05) is 36.4 Å². The molecule has 1 atom stereocenters. The summed E-state index contributed by atoms with van der Waals surface area (Å²) in [5.74, 6) is 0.162. The van der Waals surface area contributed by atoms with E-state index in [4.69, 9.17) is 4.74 Å². The van der Waals surface area contributed by atoms with E-state index in [1.165, 1.54) is 0 Å². The van der Waals surface area contributed by atoms with Gasteiger partial charge in [-0.2, -0.15) is 0 Å². The molecule has 1 aromatic carbocycles. The summed E-state index contributed by atoms with van der Waals surface area (Å²) in [6, 6.07) is 9.45. The molecule has 0 fully saturated rings. The number of carbonyl (C=O) groups excluding carboxylic acids is 1. The second-order valence-corrected chi connectivity index (χ2v) is 4.06. The third-order valence-electron chi connectivity index (χ3n) is 3.02. The second kappa shape index (κ2) is 5.08. The molecule has 2 nitrogen and oxygen atoms in total. The molecular formula is C14H16O2. The van der Waals surface area contributed by atoms with E-state index in [1.54, 1.807) is 7.11 Å². The summed E-state index contributed by atoms with van der Waals surface area (Å²) in [4.78, 5) is 12.1. The van der Waals surface area contributed by atoms with Gasteiger partial charge in [0.15, 0.2) is 5.78 Å². The fraction of sp³-hybridized carbons (Fsp3) is 0.357. The molecule has 16 heavy (non-hydrogen) atoms. The van der Waals surface area contributed by atoms with Crippen LogP contribution in [0.3, 0.4) is 0 Å². The van der Waals surface area contributed by atoms with Gasteiger partial charge in [0.2, 0.25) is 0 Å². The minimum Gasteiger partial charge on any atom is -0.381 e. The van der Waals surface area contributed by atoms with Crippen LogP contribution in [-0.2, 0) is 4.74 Å². The Kier molecular flexibility index (Phi) is 3.52. The zero-order chi connectivity index (χ0) is 11.4. The summed E-state index contributed by atoms with van der Waals surface area (Å²) in [5, 5.41) is 0. The highest BCUT2D eigenvalue weighted by Crippen LogP contribution is 2.23. The zero-order valence-corrected chi connectivity index (χ0v) is 9.48. The summed E-state index contributed by atoms with van der Waals surface area (Å²) in [6.45, 7) is 0. The molecule has 2 rings (SSSR count). The molecule has 0 aliphatic heterocycles. The van der Waals surface area contributed by atoms with E-state index in [0.717, 1.165) is 30.4 Å². The molecule has 0 radical (unpaired) electrons. The molecule has 0 heterocycles. The first kappa shape index (κ1) is 11.1. The number of carbonyl (C=O) groups is 1. The van der Waals surface area contributed by atoms with Crippen molar-refractivity contribution < 1.29 is 9.53 Å².